The van der Waals surface area contributed by atoms with Gasteiger partial charge in [0.15, 0.2) is 5.82 Å². The minimum Gasteiger partial charge on any atom is -0.329 e. The zero-order chi connectivity index (χ0) is 23.8. The van der Waals surface area contributed by atoms with Gasteiger partial charge >= 0.3 is 0 Å². The fourth-order valence-corrected chi connectivity index (χ4v) is 4.58. The molecule has 1 fully saturated rings. The quantitative estimate of drug-likeness (QED) is 0.362. The average molecular weight is 481 g/mol. The molecule has 3 N–H and O–H groups in total. The Labute approximate surface area is 201 Å². The summed E-state index contributed by atoms with van der Waals surface area (Å²) in [6.45, 7) is 4.84. The zero-order valence-corrected chi connectivity index (χ0v) is 19.7. The number of carbonyl (C=O) groups is 1. The molecular weight excluding hydrogens is 455 g/mol. The summed E-state index contributed by atoms with van der Waals surface area (Å²) >= 11 is 5.48. The molecule has 9 nitrogen and oxygen atoms in total. The molecular formula is C23H25FN8OS. The minimum absolute atomic E-state index is 0.200. The van der Waals surface area contributed by atoms with Crippen LogP contribution in [0.5, 0.6) is 0 Å². The van der Waals surface area contributed by atoms with Crippen molar-refractivity contribution >= 4 is 46.3 Å². The van der Waals surface area contributed by atoms with Crippen LogP contribution in [0.4, 0.5) is 27.7 Å². The molecule has 1 atom stereocenters. The molecule has 2 aliphatic rings. The fourth-order valence-electron chi connectivity index (χ4n) is 4.30. The first-order valence-corrected chi connectivity index (χ1v) is 11.7. The van der Waals surface area contributed by atoms with Gasteiger partial charge in [-0.2, -0.15) is 14.5 Å². The van der Waals surface area contributed by atoms with Crippen molar-refractivity contribution in [3.63, 3.8) is 0 Å². The van der Waals surface area contributed by atoms with E-state index >= 15 is 0 Å². The van der Waals surface area contributed by atoms with E-state index in [4.69, 9.17) is 22.2 Å². The highest BCUT2D eigenvalue weighted by Gasteiger charge is 2.34. The summed E-state index contributed by atoms with van der Waals surface area (Å²) in [6, 6.07) is 4.23. The average Bonchev–Trinajstić information content (AvgIpc) is 3.54. The van der Waals surface area contributed by atoms with Gasteiger partial charge < -0.3 is 15.5 Å². The van der Waals surface area contributed by atoms with Crippen LogP contribution in [0.2, 0.25) is 0 Å². The summed E-state index contributed by atoms with van der Waals surface area (Å²) in [7, 11) is 0. The molecule has 3 aromatic heterocycles. The molecule has 4 heterocycles. The number of rotatable bonds is 6. The SMILES string of the molecule is CC(C)c1cc(Nc2nc(N3CCC[C@H]3C(=O)Nc3ccc(F)nc3)nc3c2CC(=S)C3)n[nH]1. The van der Waals surface area contributed by atoms with Crippen molar-refractivity contribution in [1.29, 1.82) is 0 Å². The molecule has 0 unspecified atom stereocenters. The maximum Gasteiger partial charge on any atom is 0.247 e. The first-order valence-electron chi connectivity index (χ1n) is 11.3. The lowest BCUT2D eigenvalue weighted by molar-refractivity contribution is -0.117. The summed E-state index contributed by atoms with van der Waals surface area (Å²) in [5, 5.41) is 13.6. The van der Waals surface area contributed by atoms with Crippen molar-refractivity contribution in [3.8, 4) is 0 Å². The van der Waals surface area contributed by atoms with Gasteiger partial charge in [-0.3, -0.25) is 9.89 Å². The Balaban J connectivity index is 1.42. The number of halogens is 1. The lowest BCUT2D eigenvalue weighted by Crippen LogP contribution is -2.40. The maximum atomic E-state index is 13.1. The molecule has 0 bridgehead atoms. The number of amides is 1. The van der Waals surface area contributed by atoms with Crippen LogP contribution in [-0.2, 0) is 17.6 Å². The third-order valence-corrected chi connectivity index (χ3v) is 6.38. The highest BCUT2D eigenvalue weighted by Crippen LogP contribution is 2.32. The number of carbonyl (C=O) groups excluding carboxylic acids is 1. The van der Waals surface area contributed by atoms with E-state index in [1.54, 1.807) is 0 Å². The van der Waals surface area contributed by atoms with E-state index in [0.717, 1.165) is 28.2 Å². The fraction of sp³-hybridized carbons (Fsp3) is 0.391. The Morgan fingerprint density at radius 3 is 2.88 bits per heavy atom. The number of nitrogens with zero attached hydrogens (tertiary/aromatic N) is 5. The second kappa shape index (κ2) is 9.05. The number of nitrogens with one attached hydrogen (secondary N) is 3. The van der Waals surface area contributed by atoms with Crippen LogP contribution in [0.3, 0.4) is 0 Å². The summed E-state index contributed by atoms with van der Waals surface area (Å²) in [5.74, 6) is 1.35. The largest absolute Gasteiger partial charge is 0.329 e. The van der Waals surface area contributed by atoms with E-state index in [1.165, 1.54) is 18.3 Å². The lowest BCUT2D eigenvalue weighted by Gasteiger charge is -2.25. The summed E-state index contributed by atoms with van der Waals surface area (Å²) < 4.78 is 13.1. The maximum absolute atomic E-state index is 13.1. The zero-order valence-electron chi connectivity index (χ0n) is 18.9. The molecule has 0 radical (unpaired) electrons. The third-order valence-electron chi connectivity index (χ3n) is 6.09. The Kier molecular flexibility index (Phi) is 5.94. The second-order valence-electron chi connectivity index (χ2n) is 8.89. The van der Waals surface area contributed by atoms with Crippen LogP contribution in [0.15, 0.2) is 24.4 Å². The Bertz CT molecular complexity index is 1240. The number of aromatic nitrogens is 5. The van der Waals surface area contributed by atoms with Crippen molar-refractivity contribution in [1.82, 2.24) is 25.1 Å². The highest BCUT2D eigenvalue weighted by atomic mass is 32.1. The van der Waals surface area contributed by atoms with Gasteiger partial charge in [0.2, 0.25) is 17.8 Å². The standard InChI is InChI=1S/C23H25FN8OS/c1-12(2)16-10-20(31-30-16)28-21-15-8-14(34)9-17(15)27-23(29-21)32-7-3-4-18(32)22(33)26-13-5-6-19(24)25-11-13/h5-6,10-12,18H,3-4,7-9H2,1-2H3,(H,26,33)(H2,27,28,29,30,31)/t18-/m0/s1. The van der Waals surface area contributed by atoms with Crippen molar-refractivity contribution in [2.24, 2.45) is 0 Å². The number of hydrogen-bond acceptors (Lipinski definition) is 8. The van der Waals surface area contributed by atoms with Crippen molar-refractivity contribution in [2.75, 3.05) is 22.1 Å². The molecule has 5 rings (SSSR count). The lowest BCUT2D eigenvalue weighted by atomic mass is 10.1. The molecule has 1 aliphatic carbocycles. The normalized spacial score (nSPS) is 17.4. The smallest absolute Gasteiger partial charge is 0.247 e. The predicted molar refractivity (Wildman–Crippen MR) is 131 cm³/mol. The van der Waals surface area contributed by atoms with Crippen molar-refractivity contribution in [2.45, 2.75) is 51.5 Å². The van der Waals surface area contributed by atoms with E-state index in [0.29, 0.717) is 55.0 Å². The van der Waals surface area contributed by atoms with E-state index in [-0.39, 0.29) is 5.91 Å². The van der Waals surface area contributed by atoms with Crippen LogP contribution in [0.1, 0.15) is 49.6 Å². The molecule has 0 spiro atoms. The van der Waals surface area contributed by atoms with Gasteiger partial charge in [0.25, 0.3) is 0 Å². The molecule has 0 saturated carbocycles. The van der Waals surface area contributed by atoms with Gasteiger partial charge in [-0.05, 0) is 30.9 Å². The Hall–Kier alpha value is -3.47. The van der Waals surface area contributed by atoms with E-state index in [9.17, 15) is 9.18 Å². The number of fused-ring (bicyclic) bond motifs is 1. The van der Waals surface area contributed by atoms with Crippen LogP contribution < -0.4 is 15.5 Å². The van der Waals surface area contributed by atoms with Crippen molar-refractivity contribution in [3.05, 3.63) is 47.3 Å². The number of aromatic amines is 1. The number of thiocarbonyl (C=S) groups is 1. The Morgan fingerprint density at radius 2 is 2.15 bits per heavy atom. The monoisotopic (exact) mass is 480 g/mol. The van der Waals surface area contributed by atoms with Gasteiger partial charge in [0.05, 0.1) is 17.6 Å². The number of hydrogen-bond donors (Lipinski definition) is 3. The van der Waals surface area contributed by atoms with Crippen LogP contribution >= 0.6 is 12.2 Å². The number of pyridine rings is 1. The summed E-state index contributed by atoms with van der Waals surface area (Å²) in [5.41, 5.74) is 3.32. The third kappa shape index (κ3) is 4.47. The number of anilines is 4. The molecule has 11 heteroatoms. The van der Waals surface area contributed by atoms with Crippen LogP contribution in [-0.4, -0.2) is 48.5 Å². The molecule has 1 saturated heterocycles. The van der Waals surface area contributed by atoms with Gasteiger partial charge in [-0.15, -0.1) is 0 Å². The minimum atomic E-state index is -0.595. The van der Waals surface area contributed by atoms with Gasteiger partial charge in [0.1, 0.15) is 11.9 Å². The molecule has 1 aliphatic heterocycles. The number of H-pyrrole nitrogens is 1. The second-order valence-corrected chi connectivity index (χ2v) is 9.47. The highest BCUT2D eigenvalue weighted by molar-refractivity contribution is 7.80. The van der Waals surface area contributed by atoms with E-state index in [1.807, 2.05) is 11.0 Å². The van der Waals surface area contributed by atoms with Gasteiger partial charge in [-0.25, -0.2) is 9.97 Å². The van der Waals surface area contributed by atoms with Crippen molar-refractivity contribution < 1.29 is 9.18 Å². The predicted octanol–water partition coefficient (Wildman–Crippen LogP) is 3.68. The summed E-state index contributed by atoms with van der Waals surface area (Å²) in [6.07, 6.45) is 4.04. The molecule has 1 amide bonds. The molecule has 3 aromatic rings. The van der Waals surface area contributed by atoms with E-state index in [2.05, 4.69) is 39.7 Å². The summed E-state index contributed by atoms with van der Waals surface area (Å²) in [4.78, 5) is 29.1. The van der Waals surface area contributed by atoms with Gasteiger partial charge in [0, 0.05) is 41.6 Å². The molecule has 34 heavy (non-hydrogen) atoms. The Morgan fingerprint density at radius 1 is 1.29 bits per heavy atom. The van der Waals surface area contributed by atoms with E-state index < -0.39 is 12.0 Å². The first kappa shape index (κ1) is 22.3. The van der Waals surface area contributed by atoms with Gasteiger partial charge in [-0.1, -0.05) is 26.1 Å². The molecule has 0 aromatic carbocycles. The van der Waals surface area contributed by atoms with Crippen LogP contribution in [0.25, 0.3) is 0 Å². The first-order chi connectivity index (χ1) is 16.4. The molecule has 176 valence electrons. The topological polar surface area (TPSA) is 112 Å². The van der Waals surface area contributed by atoms with Crippen LogP contribution in [0, 0.1) is 5.95 Å².